The summed E-state index contributed by atoms with van der Waals surface area (Å²) >= 11 is 1.66. The lowest BCUT2D eigenvalue weighted by Gasteiger charge is -2.20. The van der Waals surface area contributed by atoms with Crippen LogP contribution in [0.3, 0.4) is 0 Å². The number of carbonyl (C=O) groups is 1. The first kappa shape index (κ1) is 19.6. The molecule has 0 aromatic carbocycles. The van der Waals surface area contributed by atoms with Gasteiger partial charge in [0.25, 0.3) is 5.91 Å². The van der Waals surface area contributed by atoms with Crippen LogP contribution in [-0.4, -0.2) is 45.4 Å². The molecular weight excluding hydrogens is 334 g/mol. The normalized spacial score (nSPS) is 12.0. The van der Waals surface area contributed by atoms with Gasteiger partial charge in [0.15, 0.2) is 5.69 Å². The molecule has 0 radical (unpaired) electrons. The molecule has 8 heteroatoms. The molecular formula is C15H24ClN5OS. The fourth-order valence-electron chi connectivity index (χ4n) is 2.01. The molecule has 2 rings (SSSR count). The number of thiophene rings is 1. The molecule has 0 saturated carbocycles. The predicted molar refractivity (Wildman–Crippen MR) is 95.1 cm³/mol. The van der Waals surface area contributed by atoms with Crippen LogP contribution in [0.25, 0.3) is 0 Å². The van der Waals surface area contributed by atoms with Crippen LogP contribution in [0.1, 0.15) is 35.6 Å². The first-order chi connectivity index (χ1) is 10.5. The lowest BCUT2D eigenvalue weighted by molar-refractivity contribution is 0.0783. The number of rotatable bonds is 7. The molecule has 0 fully saturated rings. The van der Waals surface area contributed by atoms with Gasteiger partial charge in [0.2, 0.25) is 0 Å². The predicted octanol–water partition coefficient (Wildman–Crippen LogP) is 2.26. The van der Waals surface area contributed by atoms with Crippen LogP contribution in [0.2, 0.25) is 0 Å². The molecule has 0 aliphatic carbocycles. The Kier molecular flexibility index (Phi) is 7.67. The smallest absolute Gasteiger partial charge is 0.275 e. The summed E-state index contributed by atoms with van der Waals surface area (Å²) in [5.74, 6) is 0.295. The van der Waals surface area contributed by atoms with Gasteiger partial charge in [-0.1, -0.05) is 25.1 Å². The quantitative estimate of drug-likeness (QED) is 0.824. The number of nitrogens with two attached hydrogens (primary N) is 1. The maximum Gasteiger partial charge on any atom is 0.275 e. The largest absolute Gasteiger partial charge is 0.340 e. The molecule has 0 aliphatic rings. The SMILES string of the molecule is CC(C)C(N)CCN(C)C(=O)c1cn(Cc2cccs2)nn1.Cl. The van der Waals surface area contributed by atoms with Gasteiger partial charge >= 0.3 is 0 Å². The summed E-state index contributed by atoms with van der Waals surface area (Å²) in [4.78, 5) is 15.1. The van der Waals surface area contributed by atoms with Crippen molar-refractivity contribution in [1.82, 2.24) is 19.9 Å². The van der Waals surface area contributed by atoms with Crippen molar-refractivity contribution in [2.45, 2.75) is 32.9 Å². The van der Waals surface area contributed by atoms with Gasteiger partial charge < -0.3 is 10.6 Å². The highest BCUT2D eigenvalue weighted by molar-refractivity contribution is 7.09. The minimum Gasteiger partial charge on any atom is -0.340 e. The van der Waals surface area contributed by atoms with E-state index in [1.807, 2.05) is 17.5 Å². The van der Waals surface area contributed by atoms with Gasteiger partial charge in [0.1, 0.15) is 0 Å². The fraction of sp³-hybridized carbons (Fsp3) is 0.533. The first-order valence-corrected chi connectivity index (χ1v) is 8.29. The van der Waals surface area contributed by atoms with Gasteiger partial charge in [-0.2, -0.15) is 0 Å². The van der Waals surface area contributed by atoms with Crippen molar-refractivity contribution in [3.63, 3.8) is 0 Å². The van der Waals surface area contributed by atoms with E-state index < -0.39 is 0 Å². The molecule has 0 aliphatic heterocycles. The second kappa shape index (κ2) is 9.00. The van der Waals surface area contributed by atoms with E-state index in [0.717, 1.165) is 6.42 Å². The Labute approximate surface area is 147 Å². The van der Waals surface area contributed by atoms with Gasteiger partial charge in [-0.05, 0) is 23.8 Å². The van der Waals surface area contributed by atoms with E-state index in [9.17, 15) is 4.79 Å². The van der Waals surface area contributed by atoms with E-state index in [4.69, 9.17) is 5.73 Å². The Morgan fingerprint density at radius 2 is 2.22 bits per heavy atom. The Morgan fingerprint density at radius 3 is 2.83 bits per heavy atom. The van der Waals surface area contributed by atoms with E-state index >= 15 is 0 Å². The highest BCUT2D eigenvalue weighted by Crippen LogP contribution is 2.11. The maximum atomic E-state index is 12.3. The molecule has 2 aromatic heterocycles. The summed E-state index contributed by atoms with van der Waals surface area (Å²) < 4.78 is 1.69. The van der Waals surface area contributed by atoms with Gasteiger partial charge in [-0.3, -0.25) is 4.79 Å². The van der Waals surface area contributed by atoms with Crippen LogP contribution in [0, 0.1) is 5.92 Å². The molecule has 0 bridgehead atoms. The second-order valence-corrected chi connectivity index (χ2v) is 6.84. The molecule has 2 N–H and O–H groups in total. The van der Waals surface area contributed by atoms with Crippen LogP contribution < -0.4 is 5.73 Å². The summed E-state index contributed by atoms with van der Waals surface area (Å²) in [6, 6.07) is 4.13. The van der Waals surface area contributed by atoms with Gasteiger partial charge in [-0.15, -0.1) is 28.8 Å². The number of hydrogen-bond acceptors (Lipinski definition) is 5. The summed E-state index contributed by atoms with van der Waals surface area (Å²) in [6.45, 7) is 5.43. The molecule has 23 heavy (non-hydrogen) atoms. The van der Waals surface area contributed by atoms with Crippen molar-refractivity contribution >= 4 is 29.7 Å². The average Bonchev–Trinajstić information content (AvgIpc) is 3.15. The van der Waals surface area contributed by atoms with Crippen molar-refractivity contribution in [2.24, 2.45) is 11.7 Å². The Hall–Kier alpha value is -1.44. The maximum absolute atomic E-state index is 12.3. The highest BCUT2D eigenvalue weighted by atomic mass is 35.5. The van der Waals surface area contributed by atoms with Crippen molar-refractivity contribution in [2.75, 3.05) is 13.6 Å². The number of carbonyl (C=O) groups excluding carboxylic acids is 1. The summed E-state index contributed by atoms with van der Waals surface area (Å²) in [5.41, 5.74) is 6.39. The average molecular weight is 358 g/mol. The lowest BCUT2D eigenvalue weighted by Crippen LogP contribution is -2.34. The zero-order valence-electron chi connectivity index (χ0n) is 13.7. The number of aromatic nitrogens is 3. The van der Waals surface area contributed by atoms with Gasteiger partial charge in [-0.25, -0.2) is 4.68 Å². The molecule has 0 saturated heterocycles. The number of amides is 1. The van der Waals surface area contributed by atoms with Gasteiger partial charge in [0, 0.05) is 24.5 Å². The molecule has 2 aromatic rings. The third-order valence-electron chi connectivity index (χ3n) is 3.66. The number of hydrogen-bond donors (Lipinski definition) is 1. The van der Waals surface area contributed by atoms with Crippen molar-refractivity contribution in [3.8, 4) is 0 Å². The molecule has 2 heterocycles. The van der Waals surface area contributed by atoms with E-state index in [1.165, 1.54) is 4.88 Å². The zero-order valence-corrected chi connectivity index (χ0v) is 15.3. The third kappa shape index (κ3) is 5.60. The van der Waals surface area contributed by atoms with E-state index in [1.54, 1.807) is 34.2 Å². The second-order valence-electron chi connectivity index (χ2n) is 5.80. The summed E-state index contributed by atoms with van der Waals surface area (Å²) in [6.07, 6.45) is 2.48. The molecule has 1 atom stereocenters. The van der Waals surface area contributed by atoms with E-state index in [2.05, 4.69) is 24.2 Å². The molecule has 0 spiro atoms. The van der Waals surface area contributed by atoms with Crippen LogP contribution in [0.4, 0.5) is 0 Å². The molecule has 1 amide bonds. The lowest BCUT2D eigenvalue weighted by atomic mass is 10.0. The van der Waals surface area contributed by atoms with Crippen molar-refractivity contribution in [3.05, 3.63) is 34.3 Å². The van der Waals surface area contributed by atoms with Crippen molar-refractivity contribution < 1.29 is 4.79 Å². The Balaban J connectivity index is 0.00000264. The number of nitrogens with zero attached hydrogens (tertiary/aromatic N) is 4. The van der Waals surface area contributed by atoms with Crippen LogP contribution in [-0.2, 0) is 6.54 Å². The fourth-order valence-corrected chi connectivity index (χ4v) is 2.70. The van der Waals surface area contributed by atoms with Crippen LogP contribution >= 0.6 is 23.7 Å². The summed E-state index contributed by atoms with van der Waals surface area (Å²) in [5, 5.41) is 10.0. The standard InChI is InChI=1S/C15H23N5OS.ClH/c1-11(2)13(16)6-7-19(3)15(21)14-10-20(18-17-14)9-12-5-4-8-22-12;/h4-5,8,10-11,13H,6-7,9,16H2,1-3H3;1H. The van der Waals surface area contributed by atoms with Gasteiger partial charge in [0.05, 0.1) is 12.7 Å². The zero-order chi connectivity index (χ0) is 16.1. The third-order valence-corrected chi connectivity index (χ3v) is 4.52. The monoisotopic (exact) mass is 357 g/mol. The van der Waals surface area contributed by atoms with Crippen LogP contribution in [0.15, 0.2) is 23.7 Å². The van der Waals surface area contributed by atoms with Crippen LogP contribution in [0.5, 0.6) is 0 Å². The summed E-state index contributed by atoms with van der Waals surface area (Å²) in [7, 11) is 1.77. The molecule has 128 valence electrons. The topological polar surface area (TPSA) is 77.0 Å². The number of halogens is 1. The molecule has 1 unspecified atom stereocenters. The molecule has 6 nitrogen and oxygen atoms in total. The van der Waals surface area contributed by atoms with E-state index in [-0.39, 0.29) is 24.4 Å². The van der Waals surface area contributed by atoms with E-state index in [0.29, 0.717) is 24.7 Å². The minimum absolute atomic E-state index is 0. The van der Waals surface area contributed by atoms with Crippen molar-refractivity contribution in [1.29, 1.82) is 0 Å². The highest BCUT2D eigenvalue weighted by Gasteiger charge is 2.17. The Morgan fingerprint density at radius 1 is 1.48 bits per heavy atom. The first-order valence-electron chi connectivity index (χ1n) is 7.41. The Bertz CT molecular complexity index is 599. The minimum atomic E-state index is -0.117.